The highest BCUT2D eigenvalue weighted by molar-refractivity contribution is 7.92. The number of benzene rings is 1. The second kappa shape index (κ2) is 6.57. The van der Waals surface area contributed by atoms with Crippen LogP contribution in [0.25, 0.3) is 11.2 Å². The van der Waals surface area contributed by atoms with Gasteiger partial charge in [0.1, 0.15) is 22.3 Å². The number of anilines is 1. The van der Waals surface area contributed by atoms with E-state index in [0.717, 1.165) is 12.1 Å². The van der Waals surface area contributed by atoms with Crippen LogP contribution in [0.15, 0.2) is 30.6 Å². The molecule has 0 spiro atoms. The summed E-state index contributed by atoms with van der Waals surface area (Å²) in [6.45, 7) is 1.54. The molecular weight excluding hydrogens is 374 g/mol. The van der Waals surface area contributed by atoms with Gasteiger partial charge in [-0.25, -0.2) is 27.2 Å². The number of hydrogen-bond donors (Lipinski definition) is 1. The van der Waals surface area contributed by atoms with Gasteiger partial charge in [-0.15, -0.1) is 0 Å². The van der Waals surface area contributed by atoms with E-state index in [1.165, 1.54) is 30.0 Å². The molecule has 0 amide bonds. The summed E-state index contributed by atoms with van der Waals surface area (Å²) < 4.78 is 54.4. The summed E-state index contributed by atoms with van der Waals surface area (Å²) >= 11 is 5.97. The smallest absolute Gasteiger partial charge is 0.232 e. The quantitative estimate of drug-likeness (QED) is 0.683. The minimum atomic E-state index is -3.53. The Bertz CT molecular complexity index is 1050. The molecule has 0 fully saturated rings. The van der Waals surface area contributed by atoms with Crippen molar-refractivity contribution in [2.75, 3.05) is 10.5 Å². The van der Waals surface area contributed by atoms with Crippen molar-refractivity contribution in [2.45, 2.75) is 13.5 Å². The Labute approximate surface area is 147 Å². The number of nitrogens with zero attached hydrogens (tertiary/aromatic N) is 3. The molecule has 132 valence electrons. The molecule has 0 unspecified atom stereocenters. The van der Waals surface area contributed by atoms with Gasteiger partial charge in [0, 0.05) is 17.7 Å². The molecule has 0 saturated heterocycles. The first kappa shape index (κ1) is 17.6. The highest BCUT2D eigenvalue weighted by Crippen LogP contribution is 2.26. The van der Waals surface area contributed by atoms with Crippen molar-refractivity contribution in [1.29, 1.82) is 0 Å². The van der Waals surface area contributed by atoms with Crippen LogP contribution in [0.2, 0.25) is 5.15 Å². The fourth-order valence-corrected chi connectivity index (χ4v) is 3.09. The van der Waals surface area contributed by atoms with E-state index in [4.69, 9.17) is 11.6 Å². The molecule has 10 heteroatoms. The molecular formula is C15H13ClF2N4O2S. The Morgan fingerprint density at radius 2 is 2.04 bits per heavy atom. The third-order valence-electron chi connectivity index (χ3n) is 3.54. The summed E-state index contributed by atoms with van der Waals surface area (Å²) in [4.78, 5) is 8.27. The van der Waals surface area contributed by atoms with E-state index < -0.39 is 21.7 Å². The monoisotopic (exact) mass is 386 g/mol. The number of pyridine rings is 1. The first-order chi connectivity index (χ1) is 11.8. The molecule has 3 rings (SSSR count). The van der Waals surface area contributed by atoms with Gasteiger partial charge < -0.3 is 4.57 Å². The molecule has 0 aliphatic carbocycles. The molecule has 0 aliphatic heterocycles. The summed E-state index contributed by atoms with van der Waals surface area (Å²) in [5.41, 5.74) is 0.988. The van der Waals surface area contributed by atoms with Crippen molar-refractivity contribution < 1.29 is 17.2 Å². The Balaban J connectivity index is 2.05. The number of aromatic nitrogens is 3. The molecule has 0 saturated carbocycles. The van der Waals surface area contributed by atoms with E-state index in [2.05, 4.69) is 14.7 Å². The van der Waals surface area contributed by atoms with Crippen LogP contribution in [0.3, 0.4) is 0 Å². The normalized spacial score (nSPS) is 11.8. The second-order valence-corrected chi connectivity index (χ2v) is 7.68. The lowest BCUT2D eigenvalue weighted by Crippen LogP contribution is -2.15. The van der Waals surface area contributed by atoms with E-state index in [1.807, 2.05) is 0 Å². The van der Waals surface area contributed by atoms with Crippen molar-refractivity contribution >= 4 is 38.5 Å². The molecule has 0 bridgehead atoms. The van der Waals surface area contributed by atoms with Crippen LogP contribution in [0.4, 0.5) is 14.5 Å². The lowest BCUT2D eigenvalue weighted by molar-refractivity contribution is 0.567. The van der Waals surface area contributed by atoms with E-state index in [-0.39, 0.29) is 39.9 Å². The van der Waals surface area contributed by atoms with Gasteiger partial charge in [-0.2, -0.15) is 0 Å². The number of halogens is 3. The fraction of sp³-hybridized carbons (Fsp3) is 0.200. The topological polar surface area (TPSA) is 76.9 Å². The predicted octanol–water partition coefficient (Wildman–Crippen LogP) is 3.17. The number of imidazole rings is 1. The summed E-state index contributed by atoms with van der Waals surface area (Å²) in [7, 11) is -3.53. The standard InChI is InChI=1S/C15H13ClF2N4O2S/c1-2-25(23,24)21-12-6-13(16)20-15-14(12)19-8-22(15)7-9-3-4-10(17)5-11(9)18/h3-6,8H,2,7H2,1H3,(H,20,21). The Hall–Kier alpha value is -2.26. The van der Waals surface area contributed by atoms with Gasteiger partial charge in [0.15, 0.2) is 5.65 Å². The number of fused-ring (bicyclic) bond motifs is 1. The van der Waals surface area contributed by atoms with Crippen molar-refractivity contribution in [3.05, 3.63) is 52.9 Å². The molecule has 2 aromatic heterocycles. The highest BCUT2D eigenvalue weighted by Gasteiger charge is 2.16. The second-order valence-electron chi connectivity index (χ2n) is 5.28. The first-order valence-corrected chi connectivity index (χ1v) is 9.28. The number of nitrogens with one attached hydrogen (secondary N) is 1. The van der Waals surface area contributed by atoms with Crippen LogP contribution in [0.1, 0.15) is 12.5 Å². The molecule has 1 N–H and O–H groups in total. The maximum absolute atomic E-state index is 13.9. The Morgan fingerprint density at radius 3 is 2.72 bits per heavy atom. The van der Waals surface area contributed by atoms with Gasteiger partial charge in [0.2, 0.25) is 10.0 Å². The van der Waals surface area contributed by atoms with Crippen LogP contribution in [-0.4, -0.2) is 28.7 Å². The van der Waals surface area contributed by atoms with E-state index >= 15 is 0 Å². The zero-order valence-electron chi connectivity index (χ0n) is 13.0. The summed E-state index contributed by atoms with van der Waals surface area (Å²) in [5.74, 6) is -1.49. The third kappa shape index (κ3) is 3.72. The Morgan fingerprint density at radius 1 is 1.28 bits per heavy atom. The fourth-order valence-electron chi connectivity index (χ4n) is 2.27. The molecule has 25 heavy (non-hydrogen) atoms. The largest absolute Gasteiger partial charge is 0.311 e. The predicted molar refractivity (Wildman–Crippen MR) is 91.1 cm³/mol. The van der Waals surface area contributed by atoms with Crippen LogP contribution < -0.4 is 4.72 Å². The highest BCUT2D eigenvalue weighted by atomic mass is 35.5. The first-order valence-electron chi connectivity index (χ1n) is 7.25. The van der Waals surface area contributed by atoms with Crippen LogP contribution in [-0.2, 0) is 16.6 Å². The van der Waals surface area contributed by atoms with Crippen molar-refractivity contribution in [3.8, 4) is 0 Å². The average molecular weight is 387 g/mol. The van der Waals surface area contributed by atoms with Gasteiger partial charge >= 0.3 is 0 Å². The van der Waals surface area contributed by atoms with Crippen molar-refractivity contribution in [2.24, 2.45) is 0 Å². The van der Waals surface area contributed by atoms with Gasteiger partial charge in [0.25, 0.3) is 0 Å². The molecule has 3 aromatic rings. The average Bonchev–Trinajstić information content (AvgIpc) is 2.93. The maximum Gasteiger partial charge on any atom is 0.232 e. The summed E-state index contributed by atoms with van der Waals surface area (Å²) in [5, 5.41) is 0.0580. The van der Waals surface area contributed by atoms with Crippen molar-refractivity contribution in [3.63, 3.8) is 0 Å². The van der Waals surface area contributed by atoms with E-state index in [1.54, 1.807) is 0 Å². The minimum absolute atomic E-state index is 0.0376. The molecule has 0 aliphatic rings. The number of hydrogen-bond acceptors (Lipinski definition) is 4. The Kier molecular flexibility index (Phi) is 4.61. The third-order valence-corrected chi connectivity index (χ3v) is 5.03. The minimum Gasteiger partial charge on any atom is -0.311 e. The van der Waals surface area contributed by atoms with Gasteiger partial charge in [-0.1, -0.05) is 17.7 Å². The van der Waals surface area contributed by atoms with Crippen LogP contribution >= 0.6 is 11.6 Å². The van der Waals surface area contributed by atoms with Crippen LogP contribution in [0, 0.1) is 11.6 Å². The maximum atomic E-state index is 13.9. The lowest BCUT2D eigenvalue weighted by Gasteiger charge is -2.09. The molecule has 6 nitrogen and oxygen atoms in total. The van der Waals surface area contributed by atoms with E-state index in [0.29, 0.717) is 0 Å². The van der Waals surface area contributed by atoms with Crippen molar-refractivity contribution in [1.82, 2.24) is 14.5 Å². The lowest BCUT2D eigenvalue weighted by atomic mass is 10.2. The molecule has 2 heterocycles. The van der Waals surface area contributed by atoms with Crippen LogP contribution in [0.5, 0.6) is 0 Å². The zero-order valence-corrected chi connectivity index (χ0v) is 14.6. The van der Waals surface area contributed by atoms with Gasteiger partial charge in [-0.05, 0) is 13.0 Å². The summed E-state index contributed by atoms with van der Waals surface area (Å²) in [6, 6.07) is 4.61. The van der Waals surface area contributed by atoms with Gasteiger partial charge in [-0.3, -0.25) is 4.72 Å². The number of rotatable bonds is 5. The molecule has 0 atom stereocenters. The number of sulfonamides is 1. The molecule has 0 radical (unpaired) electrons. The summed E-state index contributed by atoms with van der Waals surface area (Å²) in [6.07, 6.45) is 1.39. The molecule has 1 aromatic carbocycles. The van der Waals surface area contributed by atoms with E-state index in [9.17, 15) is 17.2 Å². The van der Waals surface area contributed by atoms with Gasteiger partial charge in [0.05, 0.1) is 24.3 Å². The zero-order chi connectivity index (χ0) is 18.2. The SMILES string of the molecule is CCS(=O)(=O)Nc1cc(Cl)nc2c1ncn2Cc1ccc(F)cc1F.